The lowest BCUT2D eigenvalue weighted by Gasteiger charge is -2.30. The highest BCUT2D eigenvalue weighted by molar-refractivity contribution is 6.37. The number of carbonyl (C=O) groups excluding carboxylic acids is 2. The summed E-state index contributed by atoms with van der Waals surface area (Å²) < 4.78 is 10.4. The van der Waals surface area contributed by atoms with E-state index in [1.54, 1.807) is 19.1 Å². The zero-order valence-corrected chi connectivity index (χ0v) is 16.5. The lowest BCUT2D eigenvalue weighted by Crippen LogP contribution is -2.46. The van der Waals surface area contributed by atoms with Crippen LogP contribution in [0.4, 0.5) is 4.79 Å². The number of hydrogen-bond acceptors (Lipinski definition) is 4. The second-order valence-corrected chi connectivity index (χ2v) is 6.58. The zero-order chi connectivity index (χ0) is 19.3. The van der Waals surface area contributed by atoms with Gasteiger partial charge < -0.3 is 20.1 Å². The van der Waals surface area contributed by atoms with Crippen LogP contribution in [0.1, 0.15) is 44.7 Å². The van der Waals surface area contributed by atoms with E-state index in [9.17, 15) is 9.59 Å². The lowest BCUT2D eigenvalue weighted by atomic mass is 9.93. The Morgan fingerprint density at radius 3 is 2.42 bits per heavy atom. The highest BCUT2D eigenvalue weighted by Crippen LogP contribution is 2.38. The van der Waals surface area contributed by atoms with Gasteiger partial charge in [0.2, 0.25) is 0 Å². The molecule has 2 N–H and O–H groups in total. The van der Waals surface area contributed by atoms with Crippen molar-refractivity contribution in [3.8, 4) is 5.75 Å². The molecule has 0 saturated carbocycles. The number of ether oxygens (including phenoxy) is 2. The number of halogens is 2. The molecule has 26 heavy (non-hydrogen) atoms. The first-order valence-electron chi connectivity index (χ1n) is 8.43. The Labute approximate surface area is 162 Å². The molecule has 1 heterocycles. The zero-order valence-electron chi connectivity index (χ0n) is 14.9. The largest absolute Gasteiger partial charge is 0.494 e. The predicted molar refractivity (Wildman–Crippen MR) is 101 cm³/mol. The number of urea groups is 1. The summed E-state index contributed by atoms with van der Waals surface area (Å²) in [5.74, 6) is -0.149. The van der Waals surface area contributed by atoms with E-state index in [1.165, 1.54) is 7.11 Å². The minimum Gasteiger partial charge on any atom is -0.494 e. The monoisotopic (exact) mass is 400 g/mol. The molecule has 8 heteroatoms. The second kappa shape index (κ2) is 9.14. The molecule has 2 amide bonds. The van der Waals surface area contributed by atoms with Gasteiger partial charge in [-0.1, -0.05) is 36.5 Å². The maximum atomic E-state index is 12.6. The highest BCUT2D eigenvalue weighted by Gasteiger charge is 2.34. The van der Waals surface area contributed by atoms with Gasteiger partial charge in [-0.05, 0) is 37.5 Å². The van der Waals surface area contributed by atoms with Crippen LogP contribution in [0, 0.1) is 0 Å². The van der Waals surface area contributed by atoms with E-state index in [-0.39, 0.29) is 6.61 Å². The Hall–Kier alpha value is -1.92. The fraction of sp³-hybridized carbons (Fsp3) is 0.444. The van der Waals surface area contributed by atoms with Gasteiger partial charge in [0.05, 0.1) is 35.4 Å². The van der Waals surface area contributed by atoms with E-state index in [0.29, 0.717) is 39.0 Å². The molecule has 1 aromatic carbocycles. The van der Waals surface area contributed by atoms with Crippen molar-refractivity contribution in [1.82, 2.24) is 10.6 Å². The normalized spacial score (nSPS) is 16.8. The number of hydrogen-bond donors (Lipinski definition) is 2. The van der Waals surface area contributed by atoms with E-state index in [1.807, 2.05) is 6.92 Å². The number of nitrogens with one attached hydrogen (secondary N) is 2. The molecule has 2 rings (SSSR count). The van der Waals surface area contributed by atoms with Crippen molar-refractivity contribution in [3.05, 3.63) is 39.0 Å². The molecule has 142 valence electrons. The van der Waals surface area contributed by atoms with E-state index in [2.05, 4.69) is 10.6 Å². The Morgan fingerprint density at radius 2 is 1.88 bits per heavy atom. The van der Waals surface area contributed by atoms with Crippen LogP contribution in [0.25, 0.3) is 0 Å². The molecular formula is C18H22Cl2N2O4. The van der Waals surface area contributed by atoms with Crippen LogP contribution in [0.3, 0.4) is 0 Å². The maximum Gasteiger partial charge on any atom is 0.338 e. The summed E-state index contributed by atoms with van der Waals surface area (Å²) in [6, 6.07) is 2.14. The van der Waals surface area contributed by atoms with Crippen LogP contribution in [0.5, 0.6) is 5.75 Å². The molecule has 6 nitrogen and oxygen atoms in total. The first kappa shape index (κ1) is 20.4. The van der Waals surface area contributed by atoms with Gasteiger partial charge in [0.1, 0.15) is 0 Å². The van der Waals surface area contributed by atoms with Crippen molar-refractivity contribution in [1.29, 1.82) is 0 Å². The fourth-order valence-electron chi connectivity index (χ4n) is 2.81. The summed E-state index contributed by atoms with van der Waals surface area (Å²) in [5, 5.41) is 6.07. The van der Waals surface area contributed by atoms with Crippen molar-refractivity contribution in [3.63, 3.8) is 0 Å². The van der Waals surface area contributed by atoms with E-state index in [4.69, 9.17) is 32.7 Å². The van der Waals surface area contributed by atoms with Crippen molar-refractivity contribution < 1.29 is 19.1 Å². The van der Waals surface area contributed by atoms with E-state index < -0.39 is 18.0 Å². The second-order valence-electron chi connectivity index (χ2n) is 5.77. The van der Waals surface area contributed by atoms with Crippen molar-refractivity contribution >= 4 is 35.2 Å². The maximum absolute atomic E-state index is 12.6. The van der Waals surface area contributed by atoms with Gasteiger partial charge in [-0.15, -0.1) is 0 Å². The summed E-state index contributed by atoms with van der Waals surface area (Å²) in [6.07, 6.45) is 2.31. The third kappa shape index (κ3) is 4.43. The van der Waals surface area contributed by atoms with Crippen LogP contribution in [0.15, 0.2) is 23.4 Å². The summed E-state index contributed by atoms with van der Waals surface area (Å²) >= 11 is 12.5. The number of carbonyl (C=O) groups is 2. The Morgan fingerprint density at radius 1 is 1.23 bits per heavy atom. The van der Waals surface area contributed by atoms with Gasteiger partial charge in [0.15, 0.2) is 5.75 Å². The number of allylic oxidation sites excluding steroid dienone is 1. The molecule has 1 aliphatic heterocycles. The number of methoxy groups -OCH3 is 1. The van der Waals surface area contributed by atoms with Crippen molar-refractivity contribution in [2.75, 3.05) is 13.7 Å². The van der Waals surface area contributed by atoms with Gasteiger partial charge in [-0.3, -0.25) is 0 Å². The number of unbranched alkanes of at least 4 members (excludes halogenated alkanes) is 1. The molecule has 0 aliphatic carbocycles. The fourth-order valence-corrected chi connectivity index (χ4v) is 3.47. The number of amides is 2. The molecule has 1 aliphatic rings. The summed E-state index contributed by atoms with van der Waals surface area (Å²) in [7, 11) is 1.46. The first-order chi connectivity index (χ1) is 12.4. The van der Waals surface area contributed by atoms with Crippen molar-refractivity contribution in [2.45, 2.75) is 39.2 Å². The van der Waals surface area contributed by atoms with Crippen LogP contribution in [0.2, 0.25) is 10.0 Å². The standard InChI is InChI=1S/C18H22Cl2N2O4/c1-4-6-7-13-14(17(23)26-5-2)15(22-18(24)21-13)10-8-11(19)16(25-3)12(20)9-10/h8-9,15H,4-7H2,1-3H3,(H2,21,22,24). The summed E-state index contributed by atoms with van der Waals surface area (Å²) in [5.41, 5.74) is 1.49. The molecule has 1 atom stereocenters. The van der Waals surface area contributed by atoms with Gasteiger partial charge in [0, 0.05) is 5.70 Å². The first-order valence-corrected chi connectivity index (χ1v) is 9.19. The molecule has 0 aromatic heterocycles. The molecule has 0 saturated heterocycles. The van der Waals surface area contributed by atoms with Crippen LogP contribution in [-0.4, -0.2) is 25.7 Å². The minimum atomic E-state index is -0.712. The third-order valence-electron chi connectivity index (χ3n) is 3.99. The Bertz CT molecular complexity index is 711. The van der Waals surface area contributed by atoms with E-state index >= 15 is 0 Å². The third-order valence-corrected chi connectivity index (χ3v) is 4.55. The molecular weight excluding hydrogens is 379 g/mol. The van der Waals surface area contributed by atoms with Gasteiger partial charge >= 0.3 is 12.0 Å². The minimum absolute atomic E-state index is 0.230. The molecule has 1 unspecified atom stereocenters. The topological polar surface area (TPSA) is 76.7 Å². The quantitative estimate of drug-likeness (QED) is 0.666. The predicted octanol–water partition coefficient (Wildman–Crippen LogP) is 4.36. The average Bonchev–Trinajstić information content (AvgIpc) is 2.59. The highest BCUT2D eigenvalue weighted by atomic mass is 35.5. The lowest BCUT2D eigenvalue weighted by molar-refractivity contribution is -0.139. The Balaban J connectivity index is 2.55. The van der Waals surface area contributed by atoms with Gasteiger partial charge in [-0.25, -0.2) is 9.59 Å². The number of rotatable bonds is 7. The molecule has 0 bridgehead atoms. The van der Waals surface area contributed by atoms with Gasteiger partial charge in [0.25, 0.3) is 0 Å². The average molecular weight is 401 g/mol. The van der Waals surface area contributed by atoms with Crippen molar-refractivity contribution in [2.24, 2.45) is 0 Å². The van der Waals surface area contributed by atoms with Crippen LogP contribution < -0.4 is 15.4 Å². The van der Waals surface area contributed by atoms with E-state index in [0.717, 1.165) is 12.8 Å². The molecule has 0 radical (unpaired) electrons. The summed E-state index contributed by atoms with van der Waals surface area (Å²) in [4.78, 5) is 24.7. The smallest absolute Gasteiger partial charge is 0.338 e. The van der Waals surface area contributed by atoms with Crippen LogP contribution in [-0.2, 0) is 9.53 Å². The molecule has 0 spiro atoms. The number of benzene rings is 1. The Kier molecular flexibility index (Phi) is 7.17. The number of esters is 1. The van der Waals surface area contributed by atoms with Gasteiger partial charge in [-0.2, -0.15) is 0 Å². The summed E-state index contributed by atoms with van der Waals surface area (Å²) in [6.45, 7) is 4.00. The molecule has 1 aromatic rings. The van der Waals surface area contributed by atoms with Crippen LogP contribution >= 0.6 is 23.2 Å². The SMILES string of the molecule is CCCCC1=C(C(=O)OCC)C(c2cc(Cl)c(OC)c(Cl)c2)NC(=O)N1. The molecule has 0 fully saturated rings.